The molecule has 2 saturated heterocycles. The van der Waals surface area contributed by atoms with Gasteiger partial charge >= 0.3 is 0 Å². The number of piperidine rings is 1. The Bertz CT molecular complexity index is 235. The Morgan fingerprint density at radius 2 is 1.67 bits per heavy atom. The molecule has 0 amide bonds. The van der Waals surface area contributed by atoms with Crippen LogP contribution in [0.5, 0.6) is 0 Å². The molecule has 18 heavy (non-hydrogen) atoms. The average molecular weight is 273 g/mol. The van der Waals surface area contributed by atoms with Gasteiger partial charge in [-0.1, -0.05) is 19.3 Å². The van der Waals surface area contributed by atoms with Crippen LogP contribution in [0.3, 0.4) is 0 Å². The highest BCUT2D eigenvalue weighted by Gasteiger charge is 2.23. The summed E-state index contributed by atoms with van der Waals surface area (Å²) in [6, 6.07) is 1.46. The van der Waals surface area contributed by atoms with Crippen LogP contribution in [-0.2, 0) is 0 Å². The Kier molecular flexibility index (Phi) is 6.26. The fourth-order valence-corrected chi connectivity index (χ4v) is 3.88. The summed E-state index contributed by atoms with van der Waals surface area (Å²) in [6.07, 6.45) is 11.0. The standard InChI is InChI=1S/C15H29ClN2/c1-17-10-6-4-7-14(17)9-12-18-11-5-2-3-8-15(18)13-16/h14-15H,2-13H2,1H3. The number of alkyl halides is 1. The zero-order valence-corrected chi connectivity index (χ0v) is 12.7. The Balaban J connectivity index is 1.79. The summed E-state index contributed by atoms with van der Waals surface area (Å²) >= 11 is 6.15. The van der Waals surface area contributed by atoms with Crippen molar-refractivity contribution in [1.82, 2.24) is 9.80 Å². The second-order valence-electron chi connectivity index (χ2n) is 6.11. The second-order valence-corrected chi connectivity index (χ2v) is 6.42. The number of halogens is 1. The maximum Gasteiger partial charge on any atom is 0.0379 e. The van der Waals surface area contributed by atoms with Gasteiger partial charge in [-0.05, 0) is 58.8 Å². The molecule has 0 N–H and O–H groups in total. The highest BCUT2D eigenvalue weighted by atomic mass is 35.5. The molecule has 2 aliphatic heterocycles. The number of likely N-dealkylation sites (tertiary alicyclic amines) is 2. The lowest BCUT2D eigenvalue weighted by atomic mass is 9.99. The van der Waals surface area contributed by atoms with Crippen molar-refractivity contribution in [3.63, 3.8) is 0 Å². The highest BCUT2D eigenvalue weighted by molar-refractivity contribution is 6.18. The molecule has 0 spiro atoms. The van der Waals surface area contributed by atoms with Crippen molar-refractivity contribution in [3.8, 4) is 0 Å². The molecule has 2 aliphatic rings. The Hall–Kier alpha value is 0.210. The van der Waals surface area contributed by atoms with Gasteiger partial charge in [0.05, 0.1) is 0 Å². The molecule has 2 heterocycles. The van der Waals surface area contributed by atoms with E-state index in [1.165, 1.54) is 71.0 Å². The minimum Gasteiger partial charge on any atom is -0.303 e. The monoisotopic (exact) mass is 272 g/mol. The zero-order chi connectivity index (χ0) is 12.8. The van der Waals surface area contributed by atoms with Gasteiger partial charge in [-0.3, -0.25) is 4.90 Å². The van der Waals surface area contributed by atoms with E-state index >= 15 is 0 Å². The molecule has 0 aromatic heterocycles. The molecule has 0 aromatic rings. The second kappa shape index (κ2) is 7.72. The molecule has 106 valence electrons. The molecule has 2 nitrogen and oxygen atoms in total. The van der Waals surface area contributed by atoms with Crippen LogP contribution in [-0.4, -0.2) is 54.4 Å². The van der Waals surface area contributed by atoms with E-state index in [4.69, 9.17) is 11.6 Å². The molecular formula is C15H29ClN2. The molecule has 0 aliphatic carbocycles. The lowest BCUT2D eigenvalue weighted by molar-refractivity contribution is 0.140. The molecule has 0 bridgehead atoms. The molecule has 2 fully saturated rings. The third kappa shape index (κ3) is 4.11. The van der Waals surface area contributed by atoms with Crippen LogP contribution >= 0.6 is 11.6 Å². The van der Waals surface area contributed by atoms with Gasteiger partial charge < -0.3 is 4.90 Å². The fourth-order valence-electron chi connectivity index (χ4n) is 3.53. The highest BCUT2D eigenvalue weighted by Crippen LogP contribution is 2.21. The Morgan fingerprint density at radius 3 is 2.44 bits per heavy atom. The topological polar surface area (TPSA) is 6.48 Å². The van der Waals surface area contributed by atoms with Gasteiger partial charge in [0.1, 0.15) is 0 Å². The van der Waals surface area contributed by atoms with Gasteiger partial charge in [0.15, 0.2) is 0 Å². The number of hydrogen-bond acceptors (Lipinski definition) is 2. The maximum atomic E-state index is 6.15. The van der Waals surface area contributed by atoms with Crippen LogP contribution in [0.1, 0.15) is 51.4 Å². The van der Waals surface area contributed by atoms with E-state index < -0.39 is 0 Å². The van der Waals surface area contributed by atoms with Crippen LogP contribution in [0.15, 0.2) is 0 Å². The number of nitrogens with zero attached hydrogens (tertiary/aromatic N) is 2. The van der Waals surface area contributed by atoms with E-state index in [1.807, 2.05) is 0 Å². The molecule has 0 radical (unpaired) electrons. The zero-order valence-electron chi connectivity index (χ0n) is 11.9. The Morgan fingerprint density at radius 1 is 0.944 bits per heavy atom. The summed E-state index contributed by atoms with van der Waals surface area (Å²) in [5.41, 5.74) is 0. The van der Waals surface area contributed by atoms with E-state index in [1.54, 1.807) is 0 Å². The third-order valence-electron chi connectivity index (χ3n) is 4.85. The van der Waals surface area contributed by atoms with Gasteiger partial charge in [0.25, 0.3) is 0 Å². The first-order chi connectivity index (χ1) is 8.81. The lowest BCUT2D eigenvalue weighted by Crippen LogP contribution is -2.42. The molecule has 2 atom stereocenters. The maximum absolute atomic E-state index is 6.15. The smallest absolute Gasteiger partial charge is 0.0379 e. The van der Waals surface area contributed by atoms with Crippen molar-refractivity contribution in [2.75, 3.05) is 32.6 Å². The largest absolute Gasteiger partial charge is 0.303 e. The van der Waals surface area contributed by atoms with Crippen LogP contribution < -0.4 is 0 Å². The van der Waals surface area contributed by atoms with E-state index in [9.17, 15) is 0 Å². The van der Waals surface area contributed by atoms with Crippen molar-refractivity contribution in [2.45, 2.75) is 63.5 Å². The first-order valence-electron chi connectivity index (χ1n) is 7.81. The van der Waals surface area contributed by atoms with Crippen LogP contribution in [0.25, 0.3) is 0 Å². The molecule has 0 aromatic carbocycles. The van der Waals surface area contributed by atoms with Crippen molar-refractivity contribution in [3.05, 3.63) is 0 Å². The first kappa shape index (κ1) is 14.6. The summed E-state index contributed by atoms with van der Waals surface area (Å²) in [5.74, 6) is 0.820. The van der Waals surface area contributed by atoms with Crippen molar-refractivity contribution >= 4 is 11.6 Å². The van der Waals surface area contributed by atoms with Crippen molar-refractivity contribution in [1.29, 1.82) is 0 Å². The molecule has 2 rings (SSSR count). The third-order valence-corrected chi connectivity index (χ3v) is 5.20. The van der Waals surface area contributed by atoms with Crippen molar-refractivity contribution < 1.29 is 0 Å². The van der Waals surface area contributed by atoms with Gasteiger partial charge in [-0.15, -0.1) is 11.6 Å². The summed E-state index contributed by atoms with van der Waals surface area (Å²) in [5, 5.41) is 0. The number of hydrogen-bond donors (Lipinski definition) is 0. The first-order valence-corrected chi connectivity index (χ1v) is 8.35. The SMILES string of the molecule is CN1CCCCC1CCN1CCCCCC1CCl. The summed E-state index contributed by atoms with van der Waals surface area (Å²) in [4.78, 5) is 5.24. The van der Waals surface area contributed by atoms with Gasteiger partial charge in [0, 0.05) is 18.0 Å². The van der Waals surface area contributed by atoms with Crippen LogP contribution in [0.2, 0.25) is 0 Å². The predicted molar refractivity (Wildman–Crippen MR) is 79.4 cm³/mol. The lowest BCUT2D eigenvalue weighted by Gasteiger charge is -2.35. The summed E-state index contributed by atoms with van der Waals surface area (Å²) in [6.45, 7) is 3.82. The van der Waals surface area contributed by atoms with E-state index in [2.05, 4.69) is 16.8 Å². The van der Waals surface area contributed by atoms with Gasteiger partial charge in [-0.2, -0.15) is 0 Å². The van der Waals surface area contributed by atoms with Gasteiger partial charge in [-0.25, -0.2) is 0 Å². The molecule has 0 saturated carbocycles. The predicted octanol–water partition coefficient (Wildman–Crippen LogP) is 3.34. The van der Waals surface area contributed by atoms with E-state index in [0.29, 0.717) is 6.04 Å². The normalized spacial score (nSPS) is 32.3. The number of rotatable bonds is 4. The summed E-state index contributed by atoms with van der Waals surface area (Å²) < 4.78 is 0. The van der Waals surface area contributed by atoms with E-state index in [-0.39, 0.29) is 0 Å². The van der Waals surface area contributed by atoms with E-state index in [0.717, 1.165) is 11.9 Å². The Labute approximate surface area is 118 Å². The average Bonchev–Trinajstić information content (AvgIpc) is 2.62. The van der Waals surface area contributed by atoms with Crippen LogP contribution in [0.4, 0.5) is 0 Å². The quantitative estimate of drug-likeness (QED) is 0.725. The molecular weight excluding hydrogens is 244 g/mol. The summed E-state index contributed by atoms with van der Waals surface area (Å²) in [7, 11) is 2.30. The van der Waals surface area contributed by atoms with Crippen LogP contribution in [0, 0.1) is 0 Å². The van der Waals surface area contributed by atoms with Crippen molar-refractivity contribution in [2.24, 2.45) is 0 Å². The minimum absolute atomic E-state index is 0.642. The fraction of sp³-hybridized carbons (Fsp3) is 1.00. The molecule has 2 unspecified atom stereocenters. The minimum atomic E-state index is 0.642. The van der Waals surface area contributed by atoms with Gasteiger partial charge in [0.2, 0.25) is 0 Å². The molecule has 3 heteroatoms.